The minimum Gasteiger partial charge on any atom is -0.353 e. The van der Waals surface area contributed by atoms with Gasteiger partial charge in [0, 0.05) is 17.8 Å². The van der Waals surface area contributed by atoms with Gasteiger partial charge in [-0.1, -0.05) is 15.9 Å². The number of carbonyl (C=O) groups is 1. The Balaban J connectivity index is 2.32. The second-order valence-electron chi connectivity index (χ2n) is 2.31. The predicted molar refractivity (Wildman–Crippen MR) is 39.6 cm³/mol. The summed E-state index contributed by atoms with van der Waals surface area (Å²) in [5.74, 6) is 0.200. The Labute approximate surface area is 63.1 Å². The predicted octanol–water partition coefficient (Wildman–Crippen LogP) is 1.05. The molecule has 0 aromatic carbocycles. The maximum absolute atomic E-state index is 10.7. The molecule has 1 fully saturated rings. The first kappa shape index (κ1) is 7.06. The van der Waals surface area contributed by atoms with Crippen LogP contribution in [0.4, 0.5) is 0 Å². The Hall–Kier alpha value is -0.0500. The normalized spacial score (nSPS) is 27.7. The molecule has 1 aliphatic heterocycles. The first-order chi connectivity index (χ1) is 4.33. The number of piperidine rings is 1. The molecule has 0 saturated carbocycles. The molecule has 0 radical (unpaired) electrons. The first-order valence-corrected chi connectivity index (χ1v) is 4.30. The number of nitrogens with one attached hydrogen (secondary N) is 1. The van der Waals surface area contributed by atoms with Crippen LogP contribution in [0, 0.1) is 0 Å². The Kier molecular flexibility index (Phi) is 2.51. The molecule has 52 valence electrons. The lowest BCUT2D eigenvalue weighted by Gasteiger charge is -2.20. The number of rotatable bonds is 1. The Morgan fingerprint density at radius 3 is 3.00 bits per heavy atom. The summed E-state index contributed by atoms with van der Waals surface area (Å²) in [5.41, 5.74) is 0. The van der Waals surface area contributed by atoms with E-state index in [2.05, 4.69) is 21.2 Å². The van der Waals surface area contributed by atoms with Gasteiger partial charge in [-0.2, -0.15) is 0 Å². The number of halogens is 1. The lowest BCUT2D eigenvalue weighted by Crippen LogP contribution is -2.39. The van der Waals surface area contributed by atoms with E-state index in [4.69, 9.17) is 0 Å². The summed E-state index contributed by atoms with van der Waals surface area (Å²) < 4.78 is 0. The zero-order valence-corrected chi connectivity index (χ0v) is 6.78. The van der Waals surface area contributed by atoms with Gasteiger partial charge in [0.15, 0.2) is 0 Å². The van der Waals surface area contributed by atoms with Crippen LogP contribution >= 0.6 is 15.9 Å². The van der Waals surface area contributed by atoms with Crippen molar-refractivity contribution in [3.05, 3.63) is 0 Å². The Morgan fingerprint density at radius 2 is 2.56 bits per heavy atom. The van der Waals surface area contributed by atoms with Crippen LogP contribution in [-0.2, 0) is 4.79 Å². The van der Waals surface area contributed by atoms with Gasteiger partial charge in [0.05, 0.1) is 0 Å². The van der Waals surface area contributed by atoms with Crippen molar-refractivity contribution in [1.82, 2.24) is 5.32 Å². The zero-order chi connectivity index (χ0) is 6.69. The van der Waals surface area contributed by atoms with Crippen molar-refractivity contribution in [2.24, 2.45) is 0 Å². The largest absolute Gasteiger partial charge is 0.353 e. The minimum absolute atomic E-state index is 0.200. The molecule has 0 bridgehead atoms. The molecule has 1 heterocycles. The molecule has 1 unspecified atom stereocenters. The number of carbonyl (C=O) groups excluding carboxylic acids is 1. The third-order valence-corrected chi connectivity index (χ3v) is 2.29. The zero-order valence-electron chi connectivity index (χ0n) is 5.19. The molecule has 1 saturated heterocycles. The van der Waals surface area contributed by atoms with E-state index in [-0.39, 0.29) is 5.91 Å². The molecular formula is C6H10BrNO. The number of hydrogen-bond donors (Lipinski definition) is 1. The van der Waals surface area contributed by atoms with Gasteiger partial charge < -0.3 is 5.32 Å². The summed E-state index contributed by atoms with van der Waals surface area (Å²) in [7, 11) is 0. The molecule has 1 aliphatic rings. The third kappa shape index (κ3) is 1.97. The molecule has 9 heavy (non-hydrogen) atoms. The molecule has 1 rings (SSSR count). The molecule has 1 atom stereocenters. The molecule has 0 aromatic heterocycles. The number of hydrogen-bond acceptors (Lipinski definition) is 1. The number of amides is 1. The van der Waals surface area contributed by atoms with Crippen LogP contribution in [-0.4, -0.2) is 17.3 Å². The molecule has 0 aromatic rings. The summed E-state index contributed by atoms with van der Waals surface area (Å²) in [6.45, 7) is 0. The van der Waals surface area contributed by atoms with Crippen LogP contribution in [0.1, 0.15) is 19.3 Å². The summed E-state index contributed by atoms with van der Waals surface area (Å²) in [5, 5.41) is 3.77. The Bertz CT molecular complexity index is 116. The highest BCUT2D eigenvalue weighted by Gasteiger charge is 2.15. The van der Waals surface area contributed by atoms with Gasteiger partial charge in [-0.25, -0.2) is 0 Å². The van der Waals surface area contributed by atoms with Gasteiger partial charge in [-0.15, -0.1) is 0 Å². The minimum atomic E-state index is 0.200. The van der Waals surface area contributed by atoms with Crippen molar-refractivity contribution in [2.45, 2.75) is 25.3 Å². The molecule has 0 aliphatic carbocycles. The van der Waals surface area contributed by atoms with Crippen LogP contribution in [0.2, 0.25) is 0 Å². The Morgan fingerprint density at radius 1 is 1.78 bits per heavy atom. The molecule has 3 heteroatoms. The monoisotopic (exact) mass is 191 g/mol. The highest BCUT2D eigenvalue weighted by molar-refractivity contribution is 9.09. The quantitative estimate of drug-likeness (QED) is 0.618. The van der Waals surface area contributed by atoms with E-state index < -0.39 is 0 Å². The van der Waals surface area contributed by atoms with Gasteiger partial charge >= 0.3 is 0 Å². The lowest BCUT2D eigenvalue weighted by molar-refractivity contribution is -0.123. The third-order valence-electron chi connectivity index (χ3n) is 1.51. The average molecular weight is 192 g/mol. The van der Waals surface area contributed by atoms with Gasteiger partial charge in [0.1, 0.15) is 0 Å². The van der Waals surface area contributed by atoms with Crippen molar-refractivity contribution in [1.29, 1.82) is 0 Å². The summed E-state index contributed by atoms with van der Waals surface area (Å²) >= 11 is 3.32. The summed E-state index contributed by atoms with van der Waals surface area (Å²) in [6, 6.07) is 0.381. The van der Waals surface area contributed by atoms with Gasteiger partial charge in [-0.3, -0.25) is 4.79 Å². The van der Waals surface area contributed by atoms with Crippen LogP contribution in [0.3, 0.4) is 0 Å². The van der Waals surface area contributed by atoms with Crippen molar-refractivity contribution in [2.75, 3.05) is 5.33 Å². The van der Waals surface area contributed by atoms with Crippen molar-refractivity contribution < 1.29 is 4.79 Å². The lowest BCUT2D eigenvalue weighted by atomic mass is 10.1. The van der Waals surface area contributed by atoms with E-state index >= 15 is 0 Å². The molecule has 1 amide bonds. The summed E-state index contributed by atoms with van der Waals surface area (Å²) in [4.78, 5) is 10.7. The second kappa shape index (κ2) is 3.20. The van der Waals surface area contributed by atoms with Crippen LogP contribution in [0.15, 0.2) is 0 Å². The average Bonchev–Trinajstić information content (AvgIpc) is 1.88. The van der Waals surface area contributed by atoms with Crippen molar-refractivity contribution in [3.8, 4) is 0 Å². The first-order valence-electron chi connectivity index (χ1n) is 3.18. The van der Waals surface area contributed by atoms with Gasteiger partial charge in [-0.05, 0) is 12.8 Å². The van der Waals surface area contributed by atoms with E-state index in [9.17, 15) is 4.79 Å². The van der Waals surface area contributed by atoms with Gasteiger partial charge in [0.2, 0.25) is 5.91 Å². The fourth-order valence-electron chi connectivity index (χ4n) is 0.997. The molecule has 0 spiro atoms. The fraction of sp³-hybridized carbons (Fsp3) is 0.833. The smallest absolute Gasteiger partial charge is 0.220 e. The highest BCUT2D eigenvalue weighted by atomic mass is 79.9. The standard InChI is InChI=1S/C6H10BrNO/c7-4-5-2-1-3-6(9)8-5/h5H,1-4H2,(H,8,9). The SMILES string of the molecule is O=C1CCCC(CBr)N1. The van der Waals surface area contributed by atoms with Crippen LogP contribution in [0.25, 0.3) is 0 Å². The second-order valence-corrected chi connectivity index (χ2v) is 2.96. The van der Waals surface area contributed by atoms with Crippen LogP contribution in [0.5, 0.6) is 0 Å². The van der Waals surface area contributed by atoms with Crippen molar-refractivity contribution in [3.63, 3.8) is 0 Å². The van der Waals surface area contributed by atoms with E-state index in [1.165, 1.54) is 0 Å². The fourth-order valence-corrected chi connectivity index (χ4v) is 1.48. The summed E-state index contributed by atoms with van der Waals surface area (Å²) in [6.07, 6.45) is 2.88. The van der Waals surface area contributed by atoms with E-state index in [1.807, 2.05) is 0 Å². The molecular weight excluding hydrogens is 182 g/mol. The maximum Gasteiger partial charge on any atom is 0.220 e. The van der Waals surface area contributed by atoms with E-state index in [1.54, 1.807) is 0 Å². The van der Waals surface area contributed by atoms with Gasteiger partial charge in [0.25, 0.3) is 0 Å². The van der Waals surface area contributed by atoms with Crippen molar-refractivity contribution >= 4 is 21.8 Å². The molecule has 2 nitrogen and oxygen atoms in total. The van der Waals surface area contributed by atoms with E-state index in [0.29, 0.717) is 12.5 Å². The topological polar surface area (TPSA) is 29.1 Å². The number of alkyl halides is 1. The van der Waals surface area contributed by atoms with E-state index in [0.717, 1.165) is 18.2 Å². The molecule has 1 N–H and O–H groups in total. The highest BCUT2D eigenvalue weighted by Crippen LogP contribution is 2.09. The van der Waals surface area contributed by atoms with Crippen LogP contribution < -0.4 is 5.32 Å². The maximum atomic E-state index is 10.7.